The molecular formula is C24H29B. The third kappa shape index (κ3) is 2.88. The minimum Gasteiger partial charge on any atom is -0.0839 e. The van der Waals surface area contributed by atoms with E-state index in [0.717, 1.165) is 12.8 Å². The van der Waals surface area contributed by atoms with Crippen LogP contribution in [-0.2, 0) is 12.8 Å². The van der Waals surface area contributed by atoms with Crippen molar-refractivity contribution in [3.8, 4) is 11.1 Å². The molecule has 0 unspecified atom stereocenters. The molecule has 0 saturated heterocycles. The molecule has 4 rings (SSSR count). The van der Waals surface area contributed by atoms with Crippen LogP contribution in [0.4, 0.5) is 0 Å². The fraction of sp³-hybridized carbons (Fsp3) is 0.417. The maximum atomic E-state index is 2.47. The van der Waals surface area contributed by atoms with Gasteiger partial charge in [-0.05, 0) is 63.1 Å². The Balaban J connectivity index is 1.61. The molecule has 0 spiro atoms. The summed E-state index contributed by atoms with van der Waals surface area (Å²) >= 11 is 0. The fourth-order valence-corrected chi connectivity index (χ4v) is 3.97. The van der Waals surface area contributed by atoms with Crippen molar-refractivity contribution >= 4 is 18.8 Å². The number of benzene rings is 2. The largest absolute Gasteiger partial charge is 0.158 e. The van der Waals surface area contributed by atoms with E-state index in [-0.39, 0.29) is 0 Å². The summed E-state index contributed by atoms with van der Waals surface area (Å²) in [5.74, 6) is 0. The Morgan fingerprint density at radius 1 is 0.880 bits per heavy atom. The molecule has 0 amide bonds. The van der Waals surface area contributed by atoms with E-state index in [2.05, 4.69) is 77.1 Å². The Kier molecular flexibility index (Phi) is 3.76. The van der Waals surface area contributed by atoms with Crippen molar-refractivity contribution in [1.29, 1.82) is 0 Å². The molecule has 2 aromatic carbocycles. The predicted molar refractivity (Wildman–Crippen MR) is 112 cm³/mol. The molecule has 0 nitrogen and oxygen atoms in total. The van der Waals surface area contributed by atoms with E-state index in [0.29, 0.717) is 10.8 Å². The van der Waals surface area contributed by atoms with Crippen LogP contribution in [0.3, 0.4) is 0 Å². The molecule has 0 bridgehead atoms. The first kappa shape index (κ1) is 16.7. The lowest BCUT2D eigenvalue weighted by molar-refractivity contribution is 0.157. The average Bonchev–Trinajstić information content (AvgIpc) is 3.12. The predicted octanol–water partition coefficient (Wildman–Crippen LogP) is 5.38. The normalized spacial score (nSPS) is 15.1. The molecule has 0 aliphatic heterocycles. The fourth-order valence-electron chi connectivity index (χ4n) is 3.97. The molecule has 128 valence electrons. The molecule has 0 fully saturated rings. The van der Waals surface area contributed by atoms with Gasteiger partial charge < -0.3 is 0 Å². The van der Waals surface area contributed by atoms with Crippen molar-refractivity contribution in [2.24, 2.45) is 10.8 Å². The Labute approximate surface area is 153 Å². The van der Waals surface area contributed by atoms with Gasteiger partial charge in [-0.15, -0.1) is 0 Å². The van der Waals surface area contributed by atoms with Gasteiger partial charge in [0.2, 0.25) is 0 Å². The van der Waals surface area contributed by atoms with Gasteiger partial charge in [0.1, 0.15) is 0 Å². The topological polar surface area (TPSA) is 0 Å². The zero-order chi connectivity index (χ0) is 17.8. The van der Waals surface area contributed by atoms with Gasteiger partial charge in [0, 0.05) is 0 Å². The van der Waals surface area contributed by atoms with Crippen LogP contribution in [0.15, 0.2) is 36.4 Å². The third-order valence-corrected chi connectivity index (χ3v) is 6.91. The van der Waals surface area contributed by atoms with Gasteiger partial charge in [-0.3, -0.25) is 0 Å². The van der Waals surface area contributed by atoms with Gasteiger partial charge >= 0.3 is 0 Å². The SMILES string of the molecule is CC(C)(C)C(C)(C)CBc1ccc2c(c1)-c1cc3c(cc1C2)C=CC3. The van der Waals surface area contributed by atoms with Crippen molar-refractivity contribution in [2.45, 2.75) is 53.8 Å². The maximum Gasteiger partial charge on any atom is 0.158 e. The molecule has 0 heterocycles. The maximum absolute atomic E-state index is 2.47. The quantitative estimate of drug-likeness (QED) is 0.566. The van der Waals surface area contributed by atoms with Gasteiger partial charge in [-0.25, -0.2) is 0 Å². The first-order chi connectivity index (χ1) is 11.7. The Bertz CT molecular complexity index is 862. The molecule has 0 atom stereocenters. The van der Waals surface area contributed by atoms with E-state index in [4.69, 9.17) is 0 Å². The Hall–Kier alpha value is -1.76. The van der Waals surface area contributed by atoms with Crippen LogP contribution >= 0.6 is 0 Å². The van der Waals surface area contributed by atoms with Crippen LogP contribution in [0.5, 0.6) is 0 Å². The molecule has 0 saturated carbocycles. The van der Waals surface area contributed by atoms with Gasteiger partial charge in [-0.2, -0.15) is 0 Å². The summed E-state index contributed by atoms with van der Waals surface area (Å²) in [5.41, 5.74) is 11.1. The zero-order valence-corrected chi connectivity index (χ0v) is 16.4. The molecule has 2 aliphatic rings. The van der Waals surface area contributed by atoms with E-state index in [9.17, 15) is 0 Å². The number of rotatable bonds is 3. The summed E-state index contributed by atoms with van der Waals surface area (Å²) in [6.07, 6.45) is 7.98. The summed E-state index contributed by atoms with van der Waals surface area (Å²) in [5, 5.41) is 0. The minimum atomic E-state index is 0.337. The lowest BCUT2D eigenvalue weighted by Gasteiger charge is -2.39. The Morgan fingerprint density at radius 2 is 1.64 bits per heavy atom. The van der Waals surface area contributed by atoms with E-state index >= 15 is 0 Å². The number of hydrogen-bond donors (Lipinski definition) is 0. The molecule has 0 N–H and O–H groups in total. The van der Waals surface area contributed by atoms with E-state index in [1.807, 2.05) is 0 Å². The van der Waals surface area contributed by atoms with Crippen molar-refractivity contribution in [3.05, 3.63) is 58.7 Å². The van der Waals surface area contributed by atoms with Gasteiger partial charge in [0.25, 0.3) is 0 Å². The molecular weight excluding hydrogens is 299 g/mol. The lowest BCUT2D eigenvalue weighted by atomic mass is 9.53. The summed E-state index contributed by atoms with van der Waals surface area (Å²) < 4.78 is 0. The van der Waals surface area contributed by atoms with Crippen molar-refractivity contribution in [1.82, 2.24) is 0 Å². The van der Waals surface area contributed by atoms with Gasteiger partial charge in [0.05, 0.1) is 0 Å². The smallest absolute Gasteiger partial charge is 0.0839 e. The molecule has 1 heteroatoms. The van der Waals surface area contributed by atoms with Crippen molar-refractivity contribution in [3.63, 3.8) is 0 Å². The highest BCUT2D eigenvalue weighted by Gasteiger charge is 2.32. The van der Waals surface area contributed by atoms with Crippen LogP contribution in [0.25, 0.3) is 17.2 Å². The molecule has 25 heavy (non-hydrogen) atoms. The van der Waals surface area contributed by atoms with E-state index in [1.165, 1.54) is 52.4 Å². The summed E-state index contributed by atoms with van der Waals surface area (Å²) in [4.78, 5) is 0. The summed E-state index contributed by atoms with van der Waals surface area (Å²) in [6, 6.07) is 12.1. The second-order valence-corrected chi connectivity index (χ2v) is 9.62. The molecule has 0 radical (unpaired) electrons. The van der Waals surface area contributed by atoms with E-state index < -0.39 is 0 Å². The number of fused-ring (bicyclic) bond motifs is 4. The summed E-state index contributed by atoms with van der Waals surface area (Å²) in [6.45, 7) is 11.9. The van der Waals surface area contributed by atoms with Crippen molar-refractivity contribution in [2.75, 3.05) is 0 Å². The van der Waals surface area contributed by atoms with Crippen LogP contribution in [0, 0.1) is 10.8 Å². The second-order valence-electron chi connectivity index (χ2n) is 9.62. The lowest BCUT2D eigenvalue weighted by Crippen LogP contribution is -2.33. The third-order valence-electron chi connectivity index (χ3n) is 6.91. The molecule has 2 aromatic rings. The highest BCUT2D eigenvalue weighted by Crippen LogP contribution is 2.41. The highest BCUT2D eigenvalue weighted by molar-refractivity contribution is 6.53. The van der Waals surface area contributed by atoms with Crippen LogP contribution in [0.2, 0.25) is 6.32 Å². The first-order valence-electron chi connectivity index (χ1n) is 9.69. The highest BCUT2D eigenvalue weighted by atomic mass is 14.3. The number of allylic oxidation sites excluding steroid dienone is 1. The van der Waals surface area contributed by atoms with Crippen LogP contribution < -0.4 is 5.46 Å². The van der Waals surface area contributed by atoms with Crippen LogP contribution in [-0.4, -0.2) is 7.28 Å². The van der Waals surface area contributed by atoms with Gasteiger partial charge in [-0.1, -0.05) is 82.8 Å². The summed E-state index contributed by atoms with van der Waals surface area (Å²) in [7, 11) is 1.17. The molecule has 2 aliphatic carbocycles. The zero-order valence-electron chi connectivity index (χ0n) is 16.4. The molecule has 0 aromatic heterocycles. The van der Waals surface area contributed by atoms with E-state index in [1.54, 1.807) is 0 Å². The van der Waals surface area contributed by atoms with Crippen LogP contribution in [0.1, 0.15) is 56.9 Å². The first-order valence-corrected chi connectivity index (χ1v) is 9.69. The second kappa shape index (κ2) is 5.63. The van der Waals surface area contributed by atoms with Gasteiger partial charge in [0.15, 0.2) is 7.28 Å². The minimum absolute atomic E-state index is 0.337. The Morgan fingerprint density at radius 3 is 2.40 bits per heavy atom. The standard InChI is InChI=1S/C24H29B/c1-23(2,3)24(4,5)15-25-20-10-9-18-12-19-11-16-7-6-8-17(16)13-21(19)22(18)14-20/h6-7,9-11,13-14,25H,8,12,15H2,1-5H3. The monoisotopic (exact) mass is 328 g/mol. The van der Waals surface area contributed by atoms with Crippen molar-refractivity contribution < 1.29 is 0 Å². The number of hydrogen-bond acceptors (Lipinski definition) is 0. The average molecular weight is 328 g/mol.